The number of benzene rings is 2. The highest BCUT2D eigenvalue weighted by atomic mass is 35.5. The van der Waals surface area contributed by atoms with Crippen molar-refractivity contribution in [1.29, 1.82) is 0 Å². The molecule has 1 amide bonds. The summed E-state index contributed by atoms with van der Waals surface area (Å²) in [5, 5.41) is 2.88. The van der Waals surface area contributed by atoms with E-state index in [1.54, 1.807) is 12.1 Å². The lowest BCUT2D eigenvalue weighted by atomic mass is 10.1. The fourth-order valence-corrected chi connectivity index (χ4v) is 5.14. The summed E-state index contributed by atoms with van der Waals surface area (Å²) in [4.78, 5) is 12.6. The predicted octanol–water partition coefficient (Wildman–Crippen LogP) is 1.66. The van der Waals surface area contributed by atoms with Crippen molar-refractivity contribution in [3.05, 3.63) is 58.6 Å². The van der Waals surface area contributed by atoms with Gasteiger partial charge in [-0.2, -0.15) is 4.31 Å². The van der Waals surface area contributed by atoms with Crippen molar-refractivity contribution < 1.29 is 26.4 Å². The number of hydrogen-bond acceptors (Lipinski definition) is 6. The molecule has 9 nitrogen and oxygen atoms in total. The number of amides is 1. The molecule has 1 heterocycles. The van der Waals surface area contributed by atoms with Crippen molar-refractivity contribution in [3.63, 3.8) is 0 Å². The van der Waals surface area contributed by atoms with Crippen molar-refractivity contribution in [3.8, 4) is 0 Å². The molecule has 168 valence electrons. The quantitative estimate of drug-likeness (QED) is 0.612. The van der Waals surface area contributed by atoms with E-state index in [1.807, 2.05) is 0 Å². The second-order valence-corrected chi connectivity index (χ2v) is 11.0. The van der Waals surface area contributed by atoms with Crippen LogP contribution in [-0.2, 0) is 31.3 Å². The summed E-state index contributed by atoms with van der Waals surface area (Å²) in [7, 11) is -7.13. The molecule has 1 aliphatic heterocycles. The molecule has 0 bridgehead atoms. The van der Waals surface area contributed by atoms with Crippen LogP contribution in [0, 0.1) is 0 Å². The molecular weight excluding hydrogens is 466 g/mol. The SMILES string of the molecule is CS(=O)(=O)Nc1cc(C(=O)NCc2ccc(S(=O)(=O)N3CCOCC3)cc2)ccc1Cl. The molecule has 31 heavy (non-hydrogen) atoms. The second-order valence-electron chi connectivity index (χ2n) is 6.91. The zero-order valence-electron chi connectivity index (χ0n) is 16.7. The van der Waals surface area contributed by atoms with Crippen LogP contribution in [0.25, 0.3) is 0 Å². The molecule has 0 radical (unpaired) electrons. The summed E-state index contributed by atoms with van der Waals surface area (Å²) in [6.45, 7) is 1.54. The van der Waals surface area contributed by atoms with Crippen molar-refractivity contribution in [2.45, 2.75) is 11.4 Å². The van der Waals surface area contributed by atoms with Crippen molar-refractivity contribution >= 4 is 43.2 Å². The molecule has 1 saturated heterocycles. The van der Waals surface area contributed by atoms with Gasteiger partial charge in [-0.3, -0.25) is 9.52 Å². The fraction of sp³-hybridized carbons (Fsp3) is 0.316. The minimum Gasteiger partial charge on any atom is -0.379 e. The first kappa shape index (κ1) is 23.5. The Morgan fingerprint density at radius 2 is 1.71 bits per heavy atom. The number of rotatable bonds is 7. The number of nitrogens with one attached hydrogen (secondary N) is 2. The van der Waals surface area contributed by atoms with Gasteiger partial charge in [0.25, 0.3) is 5.91 Å². The third-order valence-electron chi connectivity index (χ3n) is 4.51. The first-order valence-corrected chi connectivity index (χ1v) is 13.0. The van der Waals surface area contributed by atoms with Gasteiger partial charge in [-0.25, -0.2) is 16.8 Å². The van der Waals surface area contributed by atoms with E-state index in [0.717, 1.165) is 6.26 Å². The first-order valence-electron chi connectivity index (χ1n) is 9.29. The van der Waals surface area contributed by atoms with Gasteiger partial charge in [0.1, 0.15) is 0 Å². The highest BCUT2D eigenvalue weighted by molar-refractivity contribution is 7.92. The number of ether oxygens (including phenoxy) is 1. The third-order valence-corrected chi connectivity index (χ3v) is 7.34. The van der Waals surface area contributed by atoms with Crippen LogP contribution in [0.5, 0.6) is 0 Å². The molecule has 12 heteroatoms. The third kappa shape index (κ3) is 6.17. The van der Waals surface area contributed by atoms with E-state index in [1.165, 1.54) is 34.6 Å². The lowest BCUT2D eigenvalue weighted by molar-refractivity contribution is 0.0730. The molecule has 1 aliphatic rings. The van der Waals surface area contributed by atoms with Gasteiger partial charge < -0.3 is 10.1 Å². The van der Waals surface area contributed by atoms with Gasteiger partial charge in [-0.15, -0.1) is 0 Å². The van der Waals surface area contributed by atoms with Crippen molar-refractivity contribution in [2.75, 3.05) is 37.3 Å². The van der Waals surface area contributed by atoms with E-state index < -0.39 is 26.0 Å². The minimum atomic E-state index is -3.58. The molecule has 2 N–H and O–H groups in total. The highest BCUT2D eigenvalue weighted by Crippen LogP contribution is 2.24. The van der Waals surface area contributed by atoms with Gasteiger partial charge in [0, 0.05) is 25.2 Å². The Morgan fingerprint density at radius 1 is 1.06 bits per heavy atom. The van der Waals surface area contributed by atoms with Crippen LogP contribution < -0.4 is 10.0 Å². The van der Waals surface area contributed by atoms with Gasteiger partial charge >= 0.3 is 0 Å². The summed E-state index contributed by atoms with van der Waals surface area (Å²) in [6.07, 6.45) is 0.985. The number of carbonyl (C=O) groups is 1. The van der Waals surface area contributed by atoms with E-state index >= 15 is 0 Å². The van der Waals surface area contributed by atoms with E-state index in [4.69, 9.17) is 16.3 Å². The van der Waals surface area contributed by atoms with Crippen LogP contribution in [0.3, 0.4) is 0 Å². The maximum atomic E-state index is 12.6. The molecule has 0 aromatic heterocycles. The van der Waals surface area contributed by atoms with Crippen LogP contribution in [0.1, 0.15) is 15.9 Å². The normalized spacial score (nSPS) is 15.4. The molecule has 2 aromatic rings. The smallest absolute Gasteiger partial charge is 0.251 e. The fourth-order valence-electron chi connectivity index (χ4n) is 2.94. The van der Waals surface area contributed by atoms with Gasteiger partial charge in [-0.05, 0) is 35.9 Å². The largest absolute Gasteiger partial charge is 0.379 e. The van der Waals surface area contributed by atoms with E-state index in [-0.39, 0.29) is 27.7 Å². The zero-order chi connectivity index (χ0) is 22.6. The Balaban J connectivity index is 1.65. The average Bonchev–Trinajstić information content (AvgIpc) is 2.73. The molecule has 0 unspecified atom stereocenters. The molecule has 0 spiro atoms. The van der Waals surface area contributed by atoms with Crippen molar-refractivity contribution in [2.24, 2.45) is 0 Å². The molecule has 3 rings (SSSR count). The number of morpholine rings is 1. The topological polar surface area (TPSA) is 122 Å². The maximum Gasteiger partial charge on any atom is 0.251 e. The van der Waals surface area contributed by atoms with Crippen LogP contribution in [0.15, 0.2) is 47.4 Å². The summed E-state index contributed by atoms with van der Waals surface area (Å²) in [5.41, 5.74) is 1.04. The Bertz CT molecular complexity index is 1160. The number of hydrogen-bond donors (Lipinski definition) is 2. The number of sulfonamides is 2. The molecule has 0 aliphatic carbocycles. The van der Waals surface area contributed by atoms with Gasteiger partial charge in [0.15, 0.2) is 0 Å². The average molecular weight is 488 g/mol. The molecule has 1 fully saturated rings. The zero-order valence-corrected chi connectivity index (χ0v) is 19.1. The molecular formula is C19H22ClN3O6S2. The molecule has 0 atom stereocenters. The molecule has 0 saturated carbocycles. The Hall–Kier alpha value is -2.18. The van der Waals surface area contributed by atoms with Crippen LogP contribution in [-0.4, -0.2) is 59.6 Å². The summed E-state index contributed by atoms with van der Waals surface area (Å²) in [6, 6.07) is 10.5. The van der Waals surface area contributed by atoms with Crippen LogP contribution in [0.4, 0.5) is 5.69 Å². The summed E-state index contributed by atoms with van der Waals surface area (Å²) < 4.78 is 57.0. The van der Waals surface area contributed by atoms with Crippen LogP contribution in [0.2, 0.25) is 5.02 Å². The minimum absolute atomic E-state index is 0.106. The standard InChI is InChI=1S/C19H22ClN3O6S2/c1-30(25,26)22-18-12-15(4-7-17(18)20)19(24)21-13-14-2-5-16(6-3-14)31(27,28)23-8-10-29-11-9-23/h2-7,12,22H,8-11,13H2,1H3,(H,21,24). The summed E-state index contributed by atoms with van der Waals surface area (Å²) in [5.74, 6) is -0.432. The monoisotopic (exact) mass is 487 g/mol. The van der Waals surface area contributed by atoms with E-state index in [9.17, 15) is 21.6 Å². The van der Waals surface area contributed by atoms with Gasteiger partial charge in [0.2, 0.25) is 20.0 Å². The van der Waals surface area contributed by atoms with Gasteiger partial charge in [-0.1, -0.05) is 23.7 Å². The lowest BCUT2D eigenvalue weighted by Crippen LogP contribution is -2.40. The number of carbonyl (C=O) groups excluding carboxylic acids is 1. The Morgan fingerprint density at radius 3 is 2.32 bits per heavy atom. The number of halogens is 1. The predicted molar refractivity (Wildman–Crippen MR) is 117 cm³/mol. The first-order chi connectivity index (χ1) is 14.6. The Kier molecular flexibility index (Phi) is 7.22. The van der Waals surface area contributed by atoms with E-state index in [2.05, 4.69) is 10.0 Å². The highest BCUT2D eigenvalue weighted by Gasteiger charge is 2.26. The van der Waals surface area contributed by atoms with Crippen molar-refractivity contribution in [1.82, 2.24) is 9.62 Å². The number of nitrogens with zero attached hydrogens (tertiary/aromatic N) is 1. The number of anilines is 1. The lowest BCUT2D eigenvalue weighted by Gasteiger charge is -2.26. The van der Waals surface area contributed by atoms with E-state index in [0.29, 0.717) is 31.9 Å². The summed E-state index contributed by atoms with van der Waals surface area (Å²) >= 11 is 5.97. The second kappa shape index (κ2) is 9.53. The molecule has 2 aromatic carbocycles. The maximum absolute atomic E-state index is 12.6. The van der Waals surface area contributed by atoms with Gasteiger partial charge in [0.05, 0.1) is 35.1 Å². The van der Waals surface area contributed by atoms with Crippen LogP contribution >= 0.6 is 11.6 Å². The Labute approximate surface area is 186 Å².